The Morgan fingerprint density at radius 1 is 1.14 bits per heavy atom. The second kappa shape index (κ2) is 6.24. The number of halogens is 3. The predicted molar refractivity (Wildman–Crippen MR) is 80.5 cm³/mol. The topological polar surface area (TPSA) is 66.4 Å². The van der Waals surface area contributed by atoms with Crippen molar-refractivity contribution in [3.8, 4) is 0 Å². The van der Waals surface area contributed by atoms with Gasteiger partial charge in [0.15, 0.2) is 0 Å². The average molecular weight is 373 g/mol. The number of carboxylic acids is 1. The Morgan fingerprint density at radius 3 is 2.52 bits per heavy atom. The Kier molecular flexibility index (Phi) is 4.59. The lowest BCUT2D eigenvalue weighted by Gasteiger charge is -2.10. The van der Waals surface area contributed by atoms with Gasteiger partial charge in [0.05, 0.1) is 16.8 Å². The highest BCUT2D eigenvalue weighted by Gasteiger charge is 2.16. The number of aromatic carboxylic acids is 1. The highest BCUT2D eigenvalue weighted by Crippen LogP contribution is 2.23. The van der Waals surface area contributed by atoms with Gasteiger partial charge in [0.2, 0.25) is 0 Å². The summed E-state index contributed by atoms with van der Waals surface area (Å²) in [6, 6.07) is 7.69. The van der Waals surface area contributed by atoms with Crippen LogP contribution in [0.4, 0.5) is 10.1 Å². The number of carbonyl (C=O) groups excluding carboxylic acids is 1. The summed E-state index contributed by atoms with van der Waals surface area (Å²) >= 11 is 8.87. The number of anilines is 1. The molecule has 0 saturated heterocycles. The van der Waals surface area contributed by atoms with Crippen LogP contribution < -0.4 is 5.32 Å². The van der Waals surface area contributed by atoms with Crippen molar-refractivity contribution in [2.45, 2.75) is 0 Å². The van der Waals surface area contributed by atoms with Gasteiger partial charge in [-0.15, -0.1) is 0 Å². The lowest BCUT2D eigenvalue weighted by molar-refractivity contribution is 0.0698. The van der Waals surface area contributed by atoms with Gasteiger partial charge < -0.3 is 10.4 Å². The smallest absolute Gasteiger partial charge is 0.337 e. The molecule has 0 aliphatic rings. The lowest BCUT2D eigenvalue weighted by Crippen LogP contribution is -2.15. The first-order valence-corrected chi connectivity index (χ1v) is 6.85. The molecule has 0 unspecified atom stereocenters. The second-order valence-electron chi connectivity index (χ2n) is 4.07. The van der Waals surface area contributed by atoms with Crippen molar-refractivity contribution in [3.63, 3.8) is 0 Å². The van der Waals surface area contributed by atoms with Crippen LogP contribution in [0.15, 0.2) is 40.9 Å². The van der Waals surface area contributed by atoms with Crippen LogP contribution in [0, 0.1) is 5.82 Å². The Balaban J connectivity index is 2.36. The molecule has 108 valence electrons. The zero-order valence-corrected chi connectivity index (χ0v) is 12.7. The molecular formula is C14H8BrClFNO3. The highest BCUT2D eigenvalue weighted by molar-refractivity contribution is 9.10. The van der Waals surface area contributed by atoms with Crippen LogP contribution in [0.5, 0.6) is 0 Å². The Labute approximate surface area is 132 Å². The number of amides is 1. The van der Waals surface area contributed by atoms with Crippen molar-refractivity contribution in [2.24, 2.45) is 0 Å². The largest absolute Gasteiger partial charge is 0.478 e. The number of hydrogen-bond donors (Lipinski definition) is 2. The van der Waals surface area contributed by atoms with E-state index in [4.69, 9.17) is 16.7 Å². The molecule has 0 radical (unpaired) electrons. The Hall–Kier alpha value is -1.92. The molecule has 0 saturated carbocycles. The van der Waals surface area contributed by atoms with Gasteiger partial charge in [-0.25, -0.2) is 9.18 Å². The normalized spacial score (nSPS) is 10.2. The van der Waals surface area contributed by atoms with Crippen LogP contribution in [0.1, 0.15) is 20.7 Å². The Bertz CT molecular complexity index is 736. The minimum Gasteiger partial charge on any atom is -0.478 e. The summed E-state index contributed by atoms with van der Waals surface area (Å²) in [5.74, 6) is -2.43. The van der Waals surface area contributed by atoms with Gasteiger partial charge in [-0.3, -0.25) is 4.79 Å². The summed E-state index contributed by atoms with van der Waals surface area (Å²) in [5, 5.41) is 11.8. The predicted octanol–water partition coefficient (Wildman–Crippen LogP) is 4.19. The summed E-state index contributed by atoms with van der Waals surface area (Å²) in [6.07, 6.45) is 0. The van der Waals surface area contributed by atoms with Crippen LogP contribution >= 0.6 is 27.5 Å². The van der Waals surface area contributed by atoms with E-state index in [0.717, 1.165) is 6.07 Å². The van der Waals surface area contributed by atoms with Crippen LogP contribution in [-0.4, -0.2) is 17.0 Å². The average Bonchev–Trinajstić information content (AvgIpc) is 2.43. The molecule has 0 atom stereocenters. The molecule has 0 fully saturated rings. The zero-order chi connectivity index (χ0) is 15.6. The maximum atomic E-state index is 13.2. The van der Waals surface area contributed by atoms with E-state index in [9.17, 15) is 14.0 Å². The number of hydrogen-bond acceptors (Lipinski definition) is 2. The molecule has 2 N–H and O–H groups in total. The minimum absolute atomic E-state index is 0.0567. The van der Waals surface area contributed by atoms with Crippen molar-refractivity contribution >= 4 is 45.1 Å². The Morgan fingerprint density at radius 2 is 1.86 bits per heavy atom. The summed E-state index contributed by atoms with van der Waals surface area (Å²) in [6.45, 7) is 0. The quantitative estimate of drug-likeness (QED) is 0.849. The van der Waals surface area contributed by atoms with Gasteiger partial charge in [0, 0.05) is 9.50 Å². The molecule has 0 heterocycles. The number of rotatable bonds is 3. The SMILES string of the molecule is O=C(Nc1ccc(Cl)cc1C(=O)O)c1cc(F)ccc1Br. The van der Waals surface area contributed by atoms with E-state index in [1.54, 1.807) is 0 Å². The van der Waals surface area contributed by atoms with Crippen molar-refractivity contribution in [2.75, 3.05) is 5.32 Å². The molecule has 2 rings (SSSR count). The van der Waals surface area contributed by atoms with Crippen molar-refractivity contribution in [3.05, 3.63) is 62.8 Å². The maximum Gasteiger partial charge on any atom is 0.337 e. The van der Waals surface area contributed by atoms with E-state index >= 15 is 0 Å². The van der Waals surface area contributed by atoms with Crippen LogP contribution in [0.3, 0.4) is 0 Å². The van der Waals surface area contributed by atoms with Gasteiger partial charge >= 0.3 is 5.97 Å². The van der Waals surface area contributed by atoms with Crippen LogP contribution in [0.2, 0.25) is 5.02 Å². The highest BCUT2D eigenvalue weighted by atomic mass is 79.9. The van der Waals surface area contributed by atoms with Gasteiger partial charge in [0.1, 0.15) is 5.82 Å². The number of benzene rings is 2. The number of carbonyl (C=O) groups is 2. The summed E-state index contributed by atoms with van der Waals surface area (Å²) < 4.78 is 13.6. The first-order chi connectivity index (χ1) is 9.88. The monoisotopic (exact) mass is 371 g/mol. The fraction of sp³-hybridized carbons (Fsp3) is 0. The van der Waals surface area contributed by atoms with E-state index in [1.807, 2.05) is 0 Å². The van der Waals surface area contributed by atoms with Crippen molar-refractivity contribution < 1.29 is 19.1 Å². The molecule has 2 aromatic carbocycles. The summed E-state index contributed by atoms with van der Waals surface area (Å²) in [7, 11) is 0. The number of nitrogens with one attached hydrogen (secondary N) is 1. The van der Waals surface area contributed by atoms with Crippen molar-refractivity contribution in [1.29, 1.82) is 0 Å². The van der Waals surface area contributed by atoms with Gasteiger partial charge in [-0.1, -0.05) is 11.6 Å². The van der Waals surface area contributed by atoms with Crippen LogP contribution in [0.25, 0.3) is 0 Å². The molecule has 4 nitrogen and oxygen atoms in total. The molecular weight excluding hydrogens is 365 g/mol. The molecule has 0 bridgehead atoms. The first kappa shape index (κ1) is 15.5. The van der Waals surface area contributed by atoms with E-state index in [2.05, 4.69) is 21.2 Å². The van der Waals surface area contributed by atoms with E-state index in [1.165, 1.54) is 30.3 Å². The molecule has 21 heavy (non-hydrogen) atoms. The zero-order valence-electron chi connectivity index (χ0n) is 10.4. The minimum atomic E-state index is -1.23. The molecule has 0 aliphatic heterocycles. The third-order valence-corrected chi connectivity index (χ3v) is 3.56. The van der Waals surface area contributed by atoms with E-state index in [0.29, 0.717) is 4.47 Å². The number of carboxylic acid groups (broad SMARTS) is 1. The summed E-state index contributed by atoms with van der Waals surface area (Å²) in [4.78, 5) is 23.2. The molecule has 1 amide bonds. The van der Waals surface area contributed by atoms with Gasteiger partial charge in [-0.05, 0) is 52.3 Å². The van der Waals surface area contributed by atoms with Gasteiger partial charge in [-0.2, -0.15) is 0 Å². The van der Waals surface area contributed by atoms with Gasteiger partial charge in [0.25, 0.3) is 5.91 Å². The fourth-order valence-electron chi connectivity index (χ4n) is 1.66. The second-order valence-corrected chi connectivity index (χ2v) is 5.36. The van der Waals surface area contributed by atoms with E-state index in [-0.39, 0.29) is 21.8 Å². The van der Waals surface area contributed by atoms with E-state index < -0.39 is 17.7 Å². The van der Waals surface area contributed by atoms with Crippen molar-refractivity contribution in [1.82, 2.24) is 0 Å². The molecule has 7 heteroatoms. The lowest BCUT2D eigenvalue weighted by atomic mass is 10.1. The standard InChI is InChI=1S/C14H8BrClFNO3/c15-11-3-2-8(17)6-9(11)13(19)18-12-4-1-7(16)5-10(12)14(20)21/h1-6H,(H,18,19)(H,20,21). The third-order valence-electron chi connectivity index (χ3n) is 2.63. The molecule has 0 aliphatic carbocycles. The molecule has 0 spiro atoms. The summed E-state index contributed by atoms with van der Waals surface area (Å²) in [5.41, 5.74) is -0.0160. The van der Waals surface area contributed by atoms with Crippen LogP contribution in [-0.2, 0) is 0 Å². The molecule has 2 aromatic rings. The molecule has 0 aromatic heterocycles. The third kappa shape index (κ3) is 3.59. The maximum absolute atomic E-state index is 13.2. The first-order valence-electron chi connectivity index (χ1n) is 5.67. The fourth-order valence-corrected chi connectivity index (χ4v) is 2.26.